The van der Waals surface area contributed by atoms with Gasteiger partial charge in [-0.05, 0) is 91.3 Å². The SMILES string of the molecule is COC(=O)[C@@]1(O)CC(=O)N(C)C2C=CCC(OCCBr)[C@@H]3CC[C@H]3CN3C[C@@]4(CCCc5cc(Cl)ccc54)COC=CC=C1C=C23. The van der Waals surface area contributed by atoms with Crippen molar-refractivity contribution in [3.63, 3.8) is 0 Å². The number of carbonyl (C=O) groups is 2. The highest BCUT2D eigenvalue weighted by atomic mass is 79.9. The first kappa shape index (κ1) is 33.3. The van der Waals surface area contributed by atoms with Crippen molar-refractivity contribution in [1.29, 1.82) is 0 Å². The van der Waals surface area contributed by atoms with Gasteiger partial charge in [-0.3, -0.25) is 4.79 Å². The Hall–Kier alpha value is -2.59. The standard InChI is InChI=1S/C36H44BrClN2O6/c1-39-30-8-3-9-32(46-17-15-37)28-12-10-25(28)21-40-22-35(14-4-6-24-18-27(38)11-13-29(24)35)23-45-16-5-7-26(19-31(30)40)36(43,20-33(39)41)34(42)44-2/h3,5,7-8,11,13,16,18-19,25,28,30,32,43H,4,6,9-10,12,14-15,17,20-23H2,1-2H3/t25-,28+,30?,32?,35-,36+/m0/s1. The number of fused-ring (bicyclic) bond motifs is 4. The number of allylic oxidation sites excluding steroid dienone is 2. The lowest BCUT2D eigenvalue weighted by atomic mass is 9.67. The monoisotopic (exact) mass is 714 g/mol. The number of carbonyl (C=O) groups excluding carboxylic acids is 2. The number of alkyl halides is 1. The Balaban J connectivity index is 1.55. The maximum absolute atomic E-state index is 13.9. The van der Waals surface area contributed by atoms with E-state index in [-0.39, 0.29) is 17.4 Å². The van der Waals surface area contributed by atoms with Gasteiger partial charge >= 0.3 is 5.97 Å². The Morgan fingerprint density at radius 3 is 2.89 bits per heavy atom. The molecule has 0 radical (unpaired) electrons. The zero-order valence-electron chi connectivity index (χ0n) is 26.6. The number of esters is 1. The third-order valence-electron chi connectivity index (χ3n) is 10.7. The van der Waals surface area contributed by atoms with Crippen LogP contribution in [0.5, 0.6) is 0 Å². The van der Waals surface area contributed by atoms with Crippen LogP contribution in [-0.4, -0.2) is 90.3 Å². The van der Waals surface area contributed by atoms with Crippen LogP contribution >= 0.6 is 27.5 Å². The lowest BCUT2D eigenvalue weighted by molar-refractivity contribution is -0.162. The van der Waals surface area contributed by atoms with Gasteiger partial charge in [0.05, 0.1) is 45.2 Å². The minimum absolute atomic E-state index is 0.0930. The van der Waals surface area contributed by atoms with Crippen LogP contribution in [0.4, 0.5) is 0 Å². The van der Waals surface area contributed by atoms with Crippen molar-refractivity contribution >= 4 is 39.4 Å². The molecule has 1 spiro atoms. The van der Waals surface area contributed by atoms with Crippen molar-refractivity contribution in [1.82, 2.24) is 9.80 Å². The summed E-state index contributed by atoms with van der Waals surface area (Å²) in [6.07, 6.45) is 16.6. The molecule has 2 bridgehead atoms. The van der Waals surface area contributed by atoms with Crippen molar-refractivity contribution in [2.24, 2.45) is 11.8 Å². The van der Waals surface area contributed by atoms with E-state index in [0.29, 0.717) is 37.2 Å². The highest BCUT2D eigenvalue weighted by Crippen LogP contribution is 2.45. The van der Waals surface area contributed by atoms with E-state index < -0.39 is 24.0 Å². The van der Waals surface area contributed by atoms with Crippen LogP contribution in [0, 0.1) is 11.8 Å². The number of nitrogens with zero attached hydrogens (tertiary/aromatic N) is 2. The summed E-state index contributed by atoms with van der Waals surface area (Å²) in [4.78, 5) is 31.2. The van der Waals surface area contributed by atoms with E-state index in [2.05, 4.69) is 45.1 Å². The maximum atomic E-state index is 13.9. The maximum Gasteiger partial charge on any atom is 0.343 e. The van der Waals surface area contributed by atoms with E-state index in [9.17, 15) is 14.7 Å². The van der Waals surface area contributed by atoms with Crippen LogP contribution in [-0.2, 0) is 35.6 Å². The number of amides is 1. The topological polar surface area (TPSA) is 88.5 Å². The van der Waals surface area contributed by atoms with E-state index in [1.165, 1.54) is 18.2 Å². The number of methoxy groups -OCH3 is 1. The van der Waals surface area contributed by atoms with Gasteiger partial charge in [-0.1, -0.05) is 51.8 Å². The first-order valence-electron chi connectivity index (χ1n) is 16.3. The molecular formula is C36H44BrClN2O6. The van der Waals surface area contributed by atoms with E-state index in [1.54, 1.807) is 30.4 Å². The van der Waals surface area contributed by atoms with Gasteiger partial charge in [0.1, 0.15) is 0 Å². The first-order valence-corrected chi connectivity index (χ1v) is 17.8. The summed E-state index contributed by atoms with van der Waals surface area (Å²) in [7, 11) is 2.98. The molecule has 10 heteroatoms. The van der Waals surface area contributed by atoms with E-state index >= 15 is 0 Å². The fourth-order valence-corrected chi connectivity index (χ4v) is 8.52. The Morgan fingerprint density at radius 2 is 2.13 bits per heavy atom. The molecule has 8 nitrogen and oxygen atoms in total. The normalized spacial score (nSPS) is 32.8. The average Bonchev–Trinajstić information content (AvgIpc) is 3.06. The molecule has 3 aliphatic heterocycles. The molecule has 2 aliphatic carbocycles. The van der Waals surface area contributed by atoms with Crippen LogP contribution in [0.15, 0.2) is 66.1 Å². The van der Waals surface area contributed by atoms with Crippen LogP contribution < -0.4 is 0 Å². The molecule has 248 valence electrons. The van der Waals surface area contributed by atoms with E-state index in [0.717, 1.165) is 61.1 Å². The molecule has 1 fully saturated rings. The van der Waals surface area contributed by atoms with Crippen molar-refractivity contribution in [2.45, 2.75) is 68.1 Å². The molecule has 46 heavy (non-hydrogen) atoms. The number of likely N-dealkylation sites (N-methyl/N-ethyl adjacent to an activating group) is 1. The lowest BCUT2D eigenvalue weighted by Crippen LogP contribution is -2.55. The summed E-state index contributed by atoms with van der Waals surface area (Å²) >= 11 is 10.0. The Bertz CT molecular complexity index is 1460. The molecule has 1 aromatic rings. The van der Waals surface area contributed by atoms with Crippen molar-refractivity contribution in [3.05, 3.63) is 82.3 Å². The van der Waals surface area contributed by atoms with Gasteiger partial charge in [-0.25, -0.2) is 4.79 Å². The summed E-state index contributed by atoms with van der Waals surface area (Å²) in [5, 5.41) is 13.4. The first-order chi connectivity index (χ1) is 22.2. The molecule has 6 rings (SSSR count). The molecule has 0 aromatic heterocycles. The van der Waals surface area contributed by atoms with Gasteiger partial charge in [0.25, 0.3) is 0 Å². The average molecular weight is 716 g/mol. The molecule has 3 heterocycles. The van der Waals surface area contributed by atoms with Gasteiger partial charge in [0.2, 0.25) is 5.91 Å². The fourth-order valence-electron chi connectivity index (χ4n) is 8.14. The summed E-state index contributed by atoms with van der Waals surface area (Å²) in [6.45, 7) is 2.48. The zero-order valence-corrected chi connectivity index (χ0v) is 29.0. The predicted octanol–water partition coefficient (Wildman–Crippen LogP) is 5.47. The molecular weight excluding hydrogens is 672 g/mol. The van der Waals surface area contributed by atoms with Crippen LogP contribution in [0.3, 0.4) is 0 Å². The summed E-state index contributed by atoms with van der Waals surface area (Å²) < 4.78 is 17.8. The number of benzene rings is 1. The number of halogens is 2. The van der Waals surface area contributed by atoms with Gasteiger partial charge in [-0.2, -0.15) is 0 Å². The molecule has 0 saturated heterocycles. The Labute approximate surface area is 285 Å². The van der Waals surface area contributed by atoms with E-state index in [4.69, 9.17) is 25.8 Å². The quantitative estimate of drug-likeness (QED) is 0.251. The summed E-state index contributed by atoms with van der Waals surface area (Å²) in [5.41, 5.74) is 1.11. The number of aryl methyl sites for hydroxylation is 1. The Kier molecular flexibility index (Phi) is 10.0. The predicted molar refractivity (Wildman–Crippen MR) is 181 cm³/mol. The van der Waals surface area contributed by atoms with Gasteiger partial charge in [0.15, 0.2) is 5.60 Å². The molecule has 2 unspecified atom stereocenters. The molecule has 1 N–H and O–H groups in total. The molecule has 6 atom stereocenters. The third kappa shape index (κ3) is 6.32. The highest BCUT2D eigenvalue weighted by Gasteiger charge is 2.48. The smallest absolute Gasteiger partial charge is 0.343 e. The third-order valence-corrected chi connectivity index (χ3v) is 11.3. The second-order valence-electron chi connectivity index (χ2n) is 13.4. The van der Waals surface area contributed by atoms with Crippen LogP contribution in [0.2, 0.25) is 5.02 Å². The van der Waals surface area contributed by atoms with E-state index in [1.807, 2.05) is 12.1 Å². The number of hydrogen-bond acceptors (Lipinski definition) is 7. The lowest BCUT2D eigenvalue weighted by Gasteiger charge is -2.50. The molecule has 1 saturated carbocycles. The summed E-state index contributed by atoms with van der Waals surface area (Å²) in [5.74, 6) is -0.448. The molecule has 1 aromatic carbocycles. The van der Waals surface area contributed by atoms with Crippen molar-refractivity contribution < 1.29 is 28.9 Å². The minimum atomic E-state index is -2.17. The molecule has 5 aliphatic rings. The number of hydrogen-bond donors (Lipinski definition) is 1. The van der Waals surface area contributed by atoms with Gasteiger partial charge < -0.3 is 29.1 Å². The highest BCUT2D eigenvalue weighted by molar-refractivity contribution is 9.09. The second-order valence-corrected chi connectivity index (χ2v) is 14.6. The molecule has 1 amide bonds. The fraction of sp³-hybridized carbons (Fsp3) is 0.556. The second kappa shape index (κ2) is 13.9. The minimum Gasteiger partial charge on any atom is -0.500 e. The van der Waals surface area contributed by atoms with Crippen molar-refractivity contribution in [3.8, 4) is 0 Å². The zero-order chi connectivity index (χ0) is 32.5. The number of rotatable bonds is 4. The van der Waals surface area contributed by atoms with Crippen LogP contribution in [0.25, 0.3) is 0 Å². The Morgan fingerprint density at radius 1 is 1.28 bits per heavy atom. The van der Waals surface area contributed by atoms with Crippen LogP contribution in [0.1, 0.15) is 49.7 Å². The van der Waals surface area contributed by atoms with Crippen molar-refractivity contribution in [2.75, 3.05) is 45.8 Å². The largest absolute Gasteiger partial charge is 0.500 e. The number of ether oxygens (including phenoxy) is 3. The number of aliphatic hydroxyl groups is 1. The summed E-state index contributed by atoms with van der Waals surface area (Å²) in [6, 6.07) is 5.77. The van der Waals surface area contributed by atoms with Gasteiger partial charge in [-0.15, -0.1) is 0 Å². The van der Waals surface area contributed by atoms with Gasteiger partial charge in [0, 0.05) is 41.6 Å².